The van der Waals surface area contributed by atoms with Crippen LogP contribution < -0.4 is 0 Å². The van der Waals surface area contributed by atoms with Gasteiger partial charge < -0.3 is 0 Å². The van der Waals surface area contributed by atoms with E-state index in [9.17, 15) is 0 Å². The minimum atomic E-state index is 1.32. The first-order valence-corrected chi connectivity index (χ1v) is 6.95. The van der Waals surface area contributed by atoms with Crippen molar-refractivity contribution in [1.29, 1.82) is 0 Å². The second kappa shape index (κ2) is 9.00. The van der Waals surface area contributed by atoms with Gasteiger partial charge in [-0.3, -0.25) is 0 Å². The van der Waals surface area contributed by atoms with Crippen molar-refractivity contribution in [2.45, 2.75) is 77.6 Å². The molecule has 1 radical (unpaired) electrons. The summed E-state index contributed by atoms with van der Waals surface area (Å²) >= 11 is 0. The van der Waals surface area contributed by atoms with E-state index in [4.69, 9.17) is 0 Å². The van der Waals surface area contributed by atoms with Crippen molar-refractivity contribution in [1.82, 2.24) is 0 Å². The van der Waals surface area contributed by atoms with E-state index in [0.717, 1.165) is 0 Å². The minimum Gasteiger partial charge on any atom is -0.0850 e. The molecule has 0 fully saturated rings. The van der Waals surface area contributed by atoms with Crippen LogP contribution in [0.5, 0.6) is 0 Å². The van der Waals surface area contributed by atoms with E-state index in [-0.39, 0.29) is 0 Å². The third kappa shape index (κ3) is 6.76. The molecule has 0 atom stereocenters. The standard InChI is InChI=1S/C15H27/c1-2-3-4-5-6-7-9-12-15-13-10-8-11-14-15/h13-14H,2-12H2,1H3. The summed E-state index contributed by atoms with van der Waals surface area (Å²) in [6, 6.07) is 0. The predicted molar refractivity (Wildman–Crippen MR) is 68.8 cm³/mol. The Kier molecular flexibility index (Phi) is 7.69. The molecular weight excluding hydrogens is 180 g/mol. The summed E-state index contributed by atoms with van der Waals surface area (Å²) in [5.74, 6) is 0. The Morgan fingerprint density at radius 2 is 1.67 bits per heavy atom. The van der Waals surface area contributed by atoms with Gasteiger partial charge >= 0.3 is 0 Å². The highest BCUT2D eigenvalue weighted by atomic mass is 14.1. The quantitative estimate of drug-likeness (QED) is 0.465. The van der Waals surface area contributed by atoms with Crippen LogP contribution in [0.1, 0.15) is 77.6 Å². The highest BCUT2D eigenvalue weighted by Gasteiger charge is 2.02. The summed E-state index contributed by atoms with van der Waals surface area (Å²) in [4.78, 5) is 0. The van der Waals surface area contributed by atoms with Crippen LogP contribution in [0.2, 0.25) is 0 Å². The Balaban J connectivity index is 1.86. The van der Waals surface area contributed by atoms with Gasteiger partial charge in [-0.2, -0.15) is 0 Å². The van der Waals surface area contributed by atoms with Gasteiger partial charge in [-0.25, -0.2) is 0 Å². The Labute approximate surface area is 96.2 Å². The lowest BCUT2D eigenvalue weighted by Crippen LogP contribution is -1.93. The lowest BCUT2D eigenvalue weighted by molar-refractivity contribution is 0.586. The maximum Gasteiger partial charge on any atom is -0.0137 e. The molecule has 15 heavy (non-hydrogen) atoms. The van der Waals surface area contributed by atoms with E-state index in [1.807, 2.05) is 0 Å². The molecule has 0 spiro atoms. The van der Waals surface area contributed by atoms with E-state index in [1.54, 1.807) is 5.57 Å². The molecule has 0 aromatic rings. The predicted octanol–water partition coefficient (Wildman–Crippen LogP) is 5.44. The molecule has 0 heteroatoms. The monoisotopic (exact) mass is 207 g/mol. The molecule has 87 valence electrons. The molecular formula is C15H27. The first-order chi connectivity index (χ1) is 7.43. The van der Waals surface area contributed by atoms with Crippen LogP contribution in [-0.2, 0) is 0 Å². The number of rotatable bonds is 8. The van der Waals surface area contributed by atoms with Crippen molar-refractivity contribution in [3.8, 4) is 0 Å². The molecule has 0 bridgehead atoms. The lowest BCUT2D eigenvalue weighted by atomic mass is 9.95. The summed E-state index contributed by atoms with van der Waals surface area (Å²) in [5.41, 5.74) is 1.63. The van der Waals surface area contributed by atoms with Crippen molar-refractivity contribution in [2.24, 2.45) is 0 Å². The third-order valence-corrected chi connectivity index (χ3v) is 3.29. The zero-order valence-corrected chi connectivity index (χ0v) is 10.4. The average Bonchev–Trinajstić information content (AvgIpc) is 2.29. The first kappa shape index (κ1) is 12.8. The Morgan fingerprint density at radius 3 is 2.33 bits per heavy atom. The first-order valence-electron chi connectivity index (χ1n) is 6.95. The topological polar surface area (TPSA) is 0 Å². The number of hydrogen-bond acceptors (Lipinski definition) is 0. The van der Waals surface area contributed by atoms with Gasteiger partial charge in [0.15, 0.2) is 0 Å². The minimum absolute atomic E-state index is 1.32. The van der Waals surface area contributed by atoms with E-state index < -0.39 is 0 Å². The van der Waals surface area contributed by atoms with Crippen LogP contribution in [0, 0.1) is 6.42 Å². The highest BCUT2D eigenvalue weighted by Crippen LogP contribution is 2.21. The van der Waals surface area contributed by atoms with Crippen molar-refractivity contribution in [3.63, 3.8) is 0 Å². The molecule has 0 heterocycles. The number of hydrogen-bond donors (Lipinski definition) is 0. The van der Waals surface area contributed by atoms with Crippen LogP contribution in [0.3, 0.4) is 0 Å². The summed E-state index contributed by atoms with van der Waals surface area (Å²) in [6.07, 6.45) is 20.2. The Hall–Kier alpha value is -0.260. The Bertz CT molecular complexity index is 167. The fourth-order valence-corrected chi connectivity index (χ4v) is 2.27. The average molecular weight is 207 g/mol. The van der Waals surface area contributed by atoms with Gasteiger partial charge in [0.25, 0.3) is 0 Å². The summed E-state index contributed by atoms with van der Waals surface area (Å²) in [6.45, 7) is 2.28. The Morgan fingerprint density at radius 1 is 0.933 bits per heavy atom. The molecule has 0 saturated carbocycles. The second-order valence-corrected chi connectivity index (χ2v) is 4.79. The van der Waals surface area contributed by atoms with Gasteiger partial charge in [0.1, 0.15) is 0 Å². The van der Waals surface area contributed by atoms with E-state index in [1.165, 1.54) is 70.6 Å². The fourth-order valence-electron chi connectivity index (χ4n) is 2.27. The summed E-state index contributed by atoms with van der Waals surface area (Å²) < 4.78 is 0. The van der Waals surface area contributed by atoms with Crippen molar-refractivity contribution in [3.05, 3.63) is 18.1 Å². The molecule has 0 amide bonds. The summed E-state index contributed by atoms with van der Waals surface area (Å²) in [7, 11) is 0. The van der Waals surface area contributed by atoms with Gasteiger partial charge in [-0.05, 0) is 38.5 Å². The fraction of sp³-hybridized carbons (Fsp3) is 0.800. The summed E-state index contributed by atoms with van der Waals surface area (Å²) in [5, 5.41) is 0. The van der Waals surface area contributed by atoms with E-state index in [0.29, 0.717) is 0 Å². The third-order valence-electron chi connectivity index (χ3n) is 3.29. The van der Waals surface area contributed by atoms with Crippen molar-refractivity contribution >= 4 is 0 Å². The second-order valence-electron chi connectivity index (χ2n) is 4.79. The maximum atomic E-state index is 2.45. The lowest BCUT2D eigenvalue weighted by Gasteiger charge is -2.11. The van der Waals surface area contributed by atoms with E-state index in [2.05, 4.69) is 19.4 Å². The molecule has 1 aliphatic rings. The molecule has 0 saturated heterocycles. The number of unbranched alkanes of at least 4 members (excludes halogenated alkanes) is 6. The normalized spacial score (nSPS) is 16.5. The van der Waals surface area contributed by atoms with Crippen LogP contribution >= 0.6 is 0 Å². The molecule has 1 rings (SSSR count). The van der Waals surface area contributed by atoms with Crippen LogP contribution in [-0.4, -0.2) is 0 Å². The zero-order valence-electron chi connectivity index (χ0n) is 10.4. The van der Waals surface area contributed by atoms with Gasteiger partial charge in [0, 0.05) is 0 Å². The van der Waals surface area contributed by atoms with Crippen LogP contribution in [0.25, 0.3) is 0 Å². The molecule has 0 unspecified atom stereocenters. The van der Waals surface area contributed by atoms with Gasteiger partial charge in [-0.15, -0.1) is 0 Å². The highest BCUT2D eigenvalue weighted by molar-refractivity contribution is 5.15. The maximum absolute atomic E-state index is 2.45. The van der Waals surface area contributed by atoms with Gasteiger partial charge in [-0.1, -0.05) is 57.1 Å². The van der Waals surface area contributed by atoms with Crippen molar-refractivity contribution < 1.29 is 0 Å². The molecule has 0 aromatic heterocycles. The van der Waals surface area contributed by atoms with Gasteiger partial charge in [0.05, 0.1) is 0 Å². The molecule has 0 aliphatic heterocycles. The van der Waals surface area contributed by atoms with Crippen molar-refractivity contribution in [2.75, 3.05) is 0 Å². The van der Waals surface area contributed by atoms with E-state index >= 15 is 0 Å². The largest absolute Gasteiger partial charge is 0.0850 e. The van der Waals surface area contributed by atoms with Crippen LogP contribution in [0.4, 0.5) is 0 Å². The molecule has 0 N–H and O–H groups in total. The van der Waals surface area contributed by atoms with Gasteiger partial charge in [0.2, 0.25) is 0 Å². The van der Waals surface area contributed by atoms with Crippen LogP contribution in [0.15, 0.2) is 11.6 Å². The molecule has 0 aromatic carbocycles. The molecule has 0 nitrogen and oxygen atoms in total. The number of allylic oxidation sites excluding steroid dienone is 2. The molecule has 1 aliphatic carbocycles. The SMILES string of the molecule is CCCCCCCCCC1=CCCC[CH]1. The smallest absolute Gasteiger partial charge is 0.0137 e. The zero-order chi connectivity index (χ0) is 10.8.